The number of amides is 1. The maximum absolute atomic E-state index is 12.9. The molecule has 22 heavy (non-hydrogen) atoms. The van der Waals surface area contributed by atoms with Crippen LogP contribution in [0.15, 0.2) is 17.1 Å². The number of fused-ring (bicyclic) bond motifs is 6. The van der Waals surface area contributed by atoms with Crippen molar-refractivity contribution < 1.29 is 14.3 Å². The van der Waals surface area contributed by atoms with Gasteiger partial charge in [0.2, 0.25) is 12.7 Å². The molecule has 0 aliphatic carbocycles. The summed E-state index contributed by atoms with van der Waals surface area (Å²) < 4.78 is 11.2. The molecule has 1 saturated heterocycles. The van der Waals surface area contributed by atoms with E-state index in [1.807, 2.05) is 6.07 Å². The number of piperidine rings is 1. The van der Waals surface area contributed by atoms with Crippen LogP contribution in [0.5, 0.6) is 11.5 Å². The van der Waals surface area contributed by atoms with Crippen LogP contribution in [-0.2, 0) is 11.2 Å². The van der Waals surface area contributed by atoms with Crippen molar-refractivity contribution in [1.29, 1.82) is 0 Å². The van der Waals surface area contributed by atoms with Gasteiger partial charge in [-0.2, -0.15) is 0 Å². The lowest BCUT2D eigenvalue weighted by Crippen LogP contribution is -2.51. The van der Waals surface area contributed by atoms with Crippen LogP contribution in [0.25, 0.3) is 0 Å². The Morgan fingerprint density at radius 2 is 2.23 bits per heavy atom. The van der Waals surface area contributed by atoms with E-state index < -0.39 is 0 Å². The molecule has 1 aromatic carbocycles. The molecular weight excluding hydrogens is 280 g/mol. The van der Waals surface area contributed by atoms with E-state index in [2.05, 4.69) is 16.0 Å². The van der Waals surface area contributed by atoms with Crippen LogP contribution >= 0.6 is 0 Å². The number of carbonyl (C=O) groups excluding carboxylic acids is 1. The van der Waals surface area contributed by atoms with Crippen molar-refractivity contribution >= 4 is 11.6 Å². The van der Waals surface area contributed by atoms with Gasteiger partial charge in [-0.05, 0) is 30.9 Å². The highest BCUT2D eigenvalue weighted by atomic mass is 16.7. The van der Waals surface area contributed by atoms with Crippen molar-refractivity contribution in [3.05, 3.63) is 23.3 Å². The predicted molar refractivity (Wildman–Crippen MR) is 80.4 cm³/mol. The molecule has 2 unspecified atom stereocenters. The van der Waals surface area contributed by atoms with Gasteiger partial charge in [-0.1, -0.05) is 6.07 Å². The van der Waals surface area contributed by atoms with Crippen LogP contribution < -0.4 is 9.47 Å². The first-order valence-electron chi connectivity index (χ1n) is 8.08. The standard InChI is InChI=1S/C17H18N2O3/c20-17-11-2-1-6-18-12(11)8-13-15-10(5-7-19(13)17)3-4-14-16(15)22-9-21-14/h3-4,11,13H,1-2,5-9H2. The van der Waals surface area contributed by atoms with E-state index in [0.29, 0.717) is 0 Å². The molecule has 5 rings (SSSR count). The van der Waals surface area contributed by atoms with Gasteiger partial charge in [0.15, 0.2) is 11.5 Å². The molecule has 1 amide bonds. The van der Waals surface area contributed by atoms with E-state index in [4.69, 9.17) is 9.47 Å². The highest BCUT2D eigenvalue weighted by Crippen LogP contribution is 2.48. The molecule has 0 N–H and O–H groups in total. The van der Waals surface area contributed by atoms with Crippen LogP contribution in [0.3, 0.4) is 0 Å². The summed E-state index contributed by atoms with van der Waals surface area (Å²) in [6.07, 6.45) is 3.73. The summed E-state index contributed by atoms with van der Waals surface area (Å²) in [6, 6.07) is 4.18. The van der Waals surface area contributed by atoms with Gasteiger partial charge in [0.1, 0.15) is 0 Å². The minimum absolute atomic E-state index is 0.0282. The Hall–Kier alpha value is -2.04. The minimum Gasteiger partial charge on any atom is -0.454 e. The lowest BCUT2D eigenvalue weighted by atomic mass is 9.79. The van der Waals surface area contributed by atoms with Gasteiger partial charge < -0.3 is 14.4 Å². The third-order valence-corrected chi connectivity index (χ3v) is 5.35. The van der Waals surface area contributed by atoms with Gasteiger partial charge in [0.05, 0.1) is 12.0 Å². The number of aliphatic imine (C=N–C) groups is 1. The molecule has 0 saturated carbocycles. The summed E-state index contributed by atoms with van der Waals surface area (Å²) in [7, 11) is 0. The second-order valence-corrected chi connectivity index (χ2v) is 6.44. The Balaban J connectivity index is 1.63. The van der Waals surface area contributed by atoms with Gasteiger partial charge in [0.25, 0.3) is 0 Å². The molecule has 1 aromatic rings. The Morgan fingerprint density at radius 1 is 1.27 bits per heavy atom. The number of rotatable bonds is 0. The van der Waals surface area contributed by atoms with E-state index >= 15 is 0 Å². The number of nitrogens with zero attached hydrogens (tertiary/aromatic N) is 2. The van der Waals surface area contributed by atoms with Crippen LogP contribution in [0, 0.1) is 5.92 Å². The Kier molecular flexibility index (Phi) is 2.54. The molecule has 4 aliphatic heterocycles. The molecule has 0 radical (unpaired) electrons. The van der Waals surface area contributed by atoms with E-state index in [9.17, 15) is 4.79 Å². The third-order valence-electron chi connectivity index (χ3n) is 5.35. The van der Waals surface area contributed by atoms with Crippen LogP contribution in [0.2, 0.25) is 0 Å². The molecule has 4 heterocycles. The fraction of sp³-hybridized carbons (Fsp3) is 0.529. The summed E-state index contributed by atoms with van der Waals surface area (Å²) >= 11 is 0. The van der Waals surface area contributed by atoms with Gasteiger partial charge in [-0.25, -0.2) is 0 Å². The summed E-state index contributed by atoms with van der Waals surface area (Å²) in [5.41, 5.74) is 3.54. The zero-order valence-corrected chi connectivity index (χ0v) is 12.4. The van der Waals surface area contributed by atoms with Crippen molar-refractivity contribution in [3.8, 4) is 11.5 Å². The van der Waals surface area contributed by atoms with Gasteiger partial charge in [-0.15, -0.1) is 0 Å². The van der Waals surface area contributed by atoms with Crippen molar-refractivity contribution in [2.45, 2.75) is 31.7 Å². The smallest absolute Gasteiger partial charge is 0.231 e. The monoisotopic (exact) mass is 298 g/mol. The van der Waals surface area contributed by atoms with Crippen LogP contribution in [0.1, 0.15) is 36.4 Å². The molecule has 0 bridgehead atoms. The summed E-state index contributed by atoms with van der Waals surface area (Å²) in [5, 5.41) is 0. The number of ether oxygens (including phenoxy) is 2. The molecule has 5 nitrogen and oxygen atoms in total. The first-order chi connectivity index (χ1) is 10.8. The maximum Gasteiger partial charge on any atom is 0.231 e. The number of benzene rings is 1. The molecular formula is C17H18N2O3. The Bertz CT molecular complexity index is 697. The average molecular weight is 298 g/mol. The van der Waals surface area contributed by atoms with Crippen molar-refractivity contribution in [1.82, 2.24) is 4.90 Å². The normalized spacial score (nSPS) is 28.6. The quantitative estimate of drug-likeness (QED) is 0.737. The van der Waals surface area contributed by atoms with E-state index in [1.54, 1.807) is 0 Å². The Labute approximate surface area is 128 Å². The lowest BCUT2D eigenvalue weighted by Gasteiger charge is -2.44. The molecule has 4 aliphatic rings. The van der Waals surface area contributed by atoms with E-state index in [-0.39, 0.29) is 24.7 Å². The summed E-state index contributed by atoms with van der Waals surface area (Å²) in [5.74, 6) is 1.94. The highest BCUT2D eigenvalue weighted by Gasteiger charge is 2.44. The summed E-state index contributed by atoms with van der Waals surface area (Å²) in [6.45, 7) is 1.95. The molecule has 0 spiro atoms. The molecule has 1 fully saturated rings. The summed E-state index contributed by atoms with van der Waals surface area (Å²) in [4.78, 5) is 19.6. The minimum atomic E-state index is 0.0282. The second kappa shape index (κ2) is 4.48. The Morgan fingerprint density at radius 3 is 3.18 bits per heavy atom. The number of hydrogen-bond donors (Lipinski definition) is 0. The second-order valence-electron chi connectivity index (χ2n) is 6.44. The largest absolute Gasteiger partial charge is 0.454 e. The highest BCUT2D eigenvalue weighted by molar-refractivity contribution is 6.07. The molecule has 2 atom stereocenters. The van der Waals surface area contributed by atoms with Crippen molar-refractivity contribution in [3.63, 3.8) is 0 Å². The zero-order valence-electron chi connectivity index (χ0n) is 12.4. The number of hydrogen-bond acceptors (Lipinski definition) is 4. The van der Waals surface area contributed by atoms with E-state index in [0.717, 1.165) is 61.5 Å². The average Bonchev–Trinajstić information content (AvgIpc) is 3.03. The fourth-order valence-electron chi connectivity index (χ4n) is 4.31. The van der Waals surface area contributed by atoms with Crippen molar-refractivity contribution in [2.24, 2.45) is 10.9 Å². The third kappa shape index (κ3) is 1.59. The lowest BCUT2D eigenvalue weighted by molar-refractivity contribution is -0.138. The van der Waals surface area contributed by atoms with Crippen LogP contribution in [0.4, 0.5) is 0 Å². The molecule has 114 valence electrons. The van der Waals surface area contributed by atoms with Gasteiger partial charge in [-0.3, -0.25) is 9.79 Å². The van der Waals surface area contributed by atoms with Gasteiger partial charge >= 0.3 is 0 Å². The SMILES string of the molecule is O=C1C2CCCN=C2CC2c3c(ccc4c3OCO4)CCN12. The van der Waals surface area contributed by atoms with Crippen LogP contribution in [-0.4, -0.2) is 36.4 Å². The predicted octanol–water partition coefficient (Wildman–Crippen LogP) is 2.10. The van der Waals surface area contributed by atoms with Crippen molar-refractivity contribution in [2.75, 3.05) is 19.9 Å². The molecule has 0 aromatic heterocycles. The van der Waals surface area contributed by atoms with Gasteiger partial charge in [0, 0.05) is 30.8 Å². The first kappa shape index (κ1) is 12.5. The maximum atomic E-state index is 12.9. The number of carbonyl (C=O) groups is 1. The molecule has 5 heteroatoms. The first-order valence-corrected chi connectivity index (χ1v) is 8.08. The topological polar surface area (TPSA) is 51.1 Å². The van der Waals surface area contributed by atoms with E-state index in [1.165, 1.54) is 5.56 Å². The zero-order chi connectivity index (χ0) is 14.7. The fourth-order valence-corrected chi connectivity index (χ4v) is 4.31.